The third-order valence-electron chi connectivity index (χ3n) is 4.24. The van der Waals surface area contributed by atoms with E-state index in [4.69, 9.17) is 9.47 Å². The van der Waals surface area contributed by atoms with Gasteiger partial charge in [-0.3, -0.25) is 4.79 Å². The summed E-state index contributed by atoms with van der Waals surface area (Å²) in [5.41, 5.74) is 1.57. The Labute approximate surface area is 147 Å². The third-order valence-corrected chi connectivity index (χ3v) is 4.24. The first-order valence-corrected chi connectivity index (χ1v) is 8.25. The largest absolute Gasteiger partial charge is 0.496 e. The molecule has 1 fully saturated rings. The highest BCUT2D eigenvalue weighted by Crippen LogP contribution is 2.30. The van der Waals surface area contributed by atoms with Crippen LogP contribution < -0.4 is 9.47 Å². The van der Waals surface area contributed by atoms with E-state index in [2.05, 4.69) is 16.8 Å². The van der Waals surface area contributed by atoms with E-state index in [1.165, 1.54) is 6.08 Å². The number of amides is 1. The van der Waals surface area contributed by atoms with Crippen LogP contribution in [0.4, 0.5) is 0 Å². The van der Waals surface area contributed by atoms with Gasteiger partial charge in [-0.15, -0.1) is 0 Å². The van der Waals surface area contributed by atoms with Crippen molar-refractivity contribution in [3.63, 3.8) is 0 Å². The van der Waals surface area contributed by atoms with Crippen molar-refractivity contribution in [1.29, 1.82) is 0 Å². The van der Waals surface area contributed by atoms with Crippen LogP contribution in [0.15, 0.2) is 49.2 Å². The molecule has 6 heteroatoms. The molecule has 130 valence electrons. The summed E-state index contributed by atoms with van der Waals surface area (Å²) in [6, 6.07) is 9.53. The quantitative estimate of drug-likeness (QED) is 0.784. The molecule has 25 heavy (non-hydrogen) atoms. The number of aromatic nitrogens is 2. The summed E-state index contributed by atoms with van der Waals surface area (Å²) in [5.74, 6) is 1.39. The van der Waals surface area contributed by atoms with Crippen molar-refractivity contribution < 1.29 is 14.3 Å². The van der Waals surface area contributed by atoms with Gasteiger partial charge in [-0.2, -0.15) is 10.2 Å². The maximum Gasteiger partial charge on any atom is 0.245 e. The summed E-state index contributed by atoms with van der Waals surface area (Å²) in [6.45, 7) is 4.88. The van der Waals surface area contributed by atoms with E-state index in [1.54, 1.807) is 18.2 Å². The standard InChI is InChI=1S/C19H21N3O3/c1-3-19(23)22-10-8-14(9-11-22)25-15-12-17(21-20-13-15)16-6-4-5-7-18(16)24-2/h3-7,12-14H,1,8-11H2,2H3. The summed E-state index contributed by atoms with van der Waals surface area (Å²) in [6.07, 6.45) is 4.59. The van der Waals surface area contributed by atoms with Gasteiger partial charge in [0.2, 0.25) is 5.91 Å². The summed E-state index contributed by atoms with van der Waals surface area (Å²) in [7, 11) is 1.63. The van der Waals surface area contributed by atoms with Gasteiger partial charge in [0.15, 0.2) is 0 Å². The molecule has 0 saturated carbocycles. The number of nitrogens with zero attached hydrogens (tertiary/aromatic N) is 3. The van der Waals surface area contributed by atoms with Crippen molar-refractivity contribution in [3.8, 4) is 22.8 Å². The smallest absolute Gasteiger partial charge is 0.245 e. The lowest BCUT2D eigenvalue weighted by molar-refractivity contribution is -0.127. The van der Waals surface area contributed by atoms with Gasteiger partial charge in [-0.25, -0.2) is 0 Å². The SMILES string of the molecule is C=CC(=O)N1CCC(Oc2cnnc(-c3ccccc3OC)c2)CC1. The monoisotopic (exact) mass is 339 g/mol. The van der Waals surface area contributed by atoms with Crippen LogP contribution in [0, 0.1) is 0 Å². The second-order valence-electron chi connectivity index (χ2n) is 5.82. The molecule has 0 aliphatic carbocycles. The van der Waals surface area contributed by atoms with Gasteiger partial charge in [0.25, 0.3) is 0 Å². The van der Waals surface area contributed by atoms with Gasteiger partial charge >= 0.3 is 0 Å². The minimum Gasteiger partial charge on any atom is -0.496 e. The van der Waals surface area contributed by atoms with Gasteiger partial charge < -0.3 is 14.4 Å². The maximum absolute atomic E-state index is 11.6. The van der Waals surface area contributed by atoms with Crippen molar-refractivity contribution in [2.24, 2.45) is 0 Å². The normalized spacial score (nSPS) is 14.8. The van der Waals surface area contributed by atoms with Crippen LogP contribution in [0.2, 0.25) is 0 Å². The molecule has 0 bridgehead atoms. The number of benzene rings is 1. The van der Waals surface area contributed by atoms with Crippen molar-refractivity contribution in [3.05, 3.63) is 49.2 Å². The lowest BCUT2D eigenvalue weighted by atomic mass is 10.1. The molecule has 1 aliphatic heterocycles. The fourth-order valence-electron chi connectivity index (χ4n) is 2.92. The van der Waals surface area contributed by atoms with Crippen LogP contribution >= 0.6 is 0 Å². The van der Waals surface area contributed by atoms with Gasteiger partial charge in [0, 0.05) is 37.6 Å². The lowest BCUT2D eigenvalue weighted by Crippen LogP contribution is -2.41. The molecule has 0 radical (unpaired) electrons. The molecule has 2 aromatic rings. The topological polar surface area (TPSA) is 64.6 Å². The average Bonchev–Trinajstić information content (AvgIpc) is 2.68. The molecule has 1 aliphatic rings. The highest BCUT2D eigenvalue weighted by atomic mass is 16.5. The van der Waals surface area contributed by atoms with Crippen molar-refractivity contribution in [2.75, 3.05) is 20.2 Å². The number of methoxy groups -OCH3 is 1. The number of rotatable bonds is 5. The molecule has 1 aromatic carbocycles. The predicted molar refractivity (Wildman–Crippen MR) is 94.4 cm³/mol. The molecule has 1 saturated heterocycles. The molecule has 3 rings (SSSR count). The first-order chi connectivity index (χ1) is 12.2. The molecule has 0 spiro atoms. The number of ether oxygens (including phenoxy) is 2. The molecule has 1 aromatic heterocycles. The van der Waals surface area contributed by atoms with Crippen LogP contribution in [-0.4, -0.2) is 47.3 Å². The number of hydrogen-bond acceptors (Lipinski definition) is 5. The van der Waals surface area contributed by atoms with E-state index >= 15 is 0 Å². The Kier molecular flexibility index (Phi) is 5.28. The number of para-hydroxylation sites is 1. The van der Waals surface area contributed by atoms with Gasteiger partial charge in [0.05, 0.1) is 13.3 Å². The van der Waals surface area contributed by atoms with Crippen LogP contribution in [0.1, 0.15) is 12.8 Å². The molecule has 0 unspecified atom stereocenters. The fourth-order valence-corrected chi connectivity index (χ4v) is 2.92. The number of carbonyl (C=O) groups is 1. The van der Waals surface area contributed by atoms with Crippen LogP contribution in [0.3, 0.4) is 0 Å². The van der Waals surface area contributed by atoms with Gasteiger partial charge in [-0.1, -0.05) is 18.7 Å². The summed E-state index contributed by atoms with van der Waals surface area (Å²) < 4.78 is 11.4. The maximum atomic E-state index is 11.6. The van der Waals surface area contributed by atoms with Crippen LogP contribution in [-0.2, 0) is 4.79 Å². The molecule has 0 N–H and O–H groups in total. The minimum atomic E-state index is -0.0255. The minimum absolute atomic E-state index is 0.0255. The predicted octanol–water partition coefficient (Wildman–Crippen LogP) is 2.71. The summed E-state index contributed by atoms with van der Waals surface area (Å²) in [4.78, 5) is 13.4. The highest BCUT2D eigenvalue weighted by Gasteiger charge is 2.23. The molecule has 1 amide bonds. The van der Waals surface area contributed by atoms with E-state index in [1.807, 2.05) is 30.3 Å². The Morgan fingerprint density at radius 2 is 2.08 bits per heavy atom. The Balaban J connectivity index is 1.69. The number of carbonyl (C=O) groups excluding carboxylic acids is 1. The molecule has 2 heterocycles. The van der Waals surface area contributed by atoms with E-state index in [0.717, 1.165) is 24.2 Å². The zero-order valence-electron chi connectivity index (χ0n) is 14.2. The van der Waals surface area contributed by atoms with Crippen molar-refractivity contribution >= 4 is 5.91 Å². The molecular weight excluding hydrogens is 318 g/mol. The van der Waals surface area contributed by atoms with Crippen molar-refractivity contribution in [2.45, 2.75) is 18.9 Å². The van der Waals surface area contributed by atoms with Crippen LogP contribution in [0.25, 0.3) is 11.3 Å². The fraction of sp³-hybridized carbons (Fsp3) is 0.316. The Morgan fingerprint density at radius 3 is 2.80 bits per heavy atom. The third kappa shape index (κ3) is 3.96. The first-order valence-electron chi connectivity index (χ1n) is 8.25. The Bertz CT molecular complexity index is 755. The number of hydrogen-bond donors (Lipinski definition) is 0. The first kappa shape index (κ1) is 17.0. The zero-order valence-corrected chi connectivity index (χ0v) is 14.2. The Morgan fingerprint density at radius 1 is 1.32 bits per heavy atom. The lowest BCUT2D eigenvalue weighted by Gasteiger charge is -2.31. The highest BCUT2D eigenvalue weighted by molar-refractivity contribution is 5.87. The molecule has 6 nitrogen and oxygen atoms in total. The van der Waals surface area contributed by atoms with Gasteiger partial charge in [-0.05, 0) is 18.2 Å². The Hall–Kier alpha value is -2.89. The number of piperidine rings is 1. The second kappa shape index (κ2) is 7.79. The van der Waals surface area contributed by atoms with E-state index in [0.29, 0.717) is 24.5 Å². The molecular formula is C19H21N3O3. The second-order valence-corrected chi connectivity index (χ2v) is 5.82. The van der Waals surface area contributed by atoms with Crippen molar-refractivity contribution in [1.82, 2.24) is 15.1 Å². The van der Waals surface area contributed by atoms with E-state index < -0.39 is 0 Å². The van der Waals surface area contributed by atoms with Gasteiger partial charge in [0.1, 0.15) is 23.3 Å². The zero-order chi connectivity index (χ0) is 17.6. The molecule has 0 atom stereocenters. The summed E-state index contributed by atoms with van der Waals surface area (Å²) in [5, 5.41) is 8.23. The van der Waals surface area contributed by atoms with E-state index in [-0.39, 0.29) is 12.0 Å². The average molecular weight is 339 g/mol. The van der Waals surface area contributed by atoms with Crippen LogP contribution in [0.5, 0.6) is 11.5 Å². The summed E-state index contributed by atoms with van der Waals surface area (Å²) >= 11 is 0. The number of likely N-dealkylation sites (tertiary alicyclic amines) is 1. The van der Waals surface area contributed by atoms with E-state index in [9.17, 15) is 4.79 Å².